The Bertz CT molecular complexity index is 750. The molecule has 3 aromatic rings. The van der Waals surface area contributed by atoms with Gasteiger partial charge in [0.05, 0.1) is 17.6 Å². The number of nitrogens with zero attached hydrogens (tertiary/aromatic N) is 1. The van der Waals surface area contributed by atoms with Gasteiger partial charge in [-0.25, -0.2) is 0 Å². The maximum absolute atomic E-state index is 12.1. The lowest BCUT2D eigenvalue weighted by atomic mass is 10.1. The number of carbonyl (C=O) groups excluding carboxylic acids is 1. The number of pyridine rings is 1. The first kappa shape index (κ1) is 12.8. The van der Waals surface area contributed by atoms with E-state index >= 15 is 0 Å². The maximum Gasteiger partial charge on any atom is 0.229 e. The zero-order valence-electron chi connectivity index (χ0n) is 11.1. The van der Waals surface area contributed by atoms with E-state index in [1.165, 1.54) is 0 Å². The monoisotopic (exact) mass is 282 g/mol. The van der Waals surface area contributed by atoms with Crippen molar-refractivity contribution in [2.75, 3.05) is 5.32 Å². The number of amides is 1. The number of aromatic nitrogens is 1. The van der Waals surface area contributed by atoms with Gasteiger partial charge in [0.2, 0.25) is 5.91 Å². The van der Waals surface area contributed by atoms with Crippen molar-refractivity contribution in [2.45, 2.75) is 13.3 Å². The molecule has 0 aliphatic carbocycles. The van der Waals surface area contributed by atoms with Gasteiger partial charge in [-0.2, -0.15) is 0 Å². The Hall–Kier alpha value is -2.20. The largest absolute Gasteiger partial charge is 0.325 e. The van der Waals surface area contributed by atoms with Gasteiger partial charge in [0.15, 0.2) is 0 Å². The van der Waals surface area contributed by atoms with Gasteiger partial charge in [-0.1, -0.05) is 24.3 Å². The van der Waals surface area contributed by atoms with Gasteiger partial charge < -0.3 is 5.32 Å². The lowest BCUT2D eigenvalue weighted by molar-refractivity contribution is -0.115. The van der Waals surface area contributed by atoms with Crippen molar-refractivity contribution in [3.63, 3.8) is 0 Å². The van der Waals surface area contributed by atoms with E-state index in [2.05, 4.69) is 10.3 Å². The molecule has 1 N–H and O–H groups in total. The molecule has 0 aliphatic rings. The van der Waals surface area contributed by atoms with Crippen LogP contribution in [-0.2, 0) is 11.2 Å². The molecule has 4 heteroatoms. The molecule has 2 heterocycles. The van der Waals surface area contributed by atoms with Crippen molar-refractivity contribution < 1.29 is 4.79 Å². The number of para-hydroxylation sites is 1. The molecule has 3 rings (SSSR count). The van der Waals surface area contributed by atoms with Crippen molar-refractivity contribution in [1.29, 1.82) is 0 Å². The summed E-state index contributed by atoms with van der Waals surface area (Å²) in [6.07, 6.45) is 0.410. The number of carbonyl (C=O) groups is 1. The summed E-state index contributed by atoms with van der Waals surface area (Å²) in [5.41, 5.74) is 2.63. The molecule has 0 saturated carbocycles. The summed E-state index contributed by atoms with van der Waals surface area (Å²) in [4.78, 5) is 17.6. The summed E-state index contributed by atoms with van der Waals surface area (Å²) < 4.78 is 0. The molecule has 0 radical (unpaired) electrons. The van der Waals surface area contributed by atoms with Gasteiger partial charge >= 0.3 is 0 Å². The van der Waals surface area contributed by atoms with Crippen molar-refractivity contribution in [1.82, 2.24) is 4.98 Å². The minimum atomic E-state index is 0.00297. The lowest BCUT2D eigenvalue weighted by Crippen LogP contribution is -2.14. The molecule has 100 valence electrons. The summed E-state index contributed by atoms with van der Waals surface area (Å²) in [6, 6.07) is 13.7. The Kier molecular flexibility index (Phi) is 3.48. The highest BCUT2D eigenvalue weighted by molar-refractivity contribution is 7.10. The summed E-state index contributed by atoms with van der Waals surface area (Å²) in [6.45, 7) is 1.93. The molecule has 3 nitrogen and oxygen atoms in total. The fourth-order valence-electron chi connectivity index (χ4n) is 2.18. The molecule has 0 unspecified atom stereocenters. The number of nitrogens with one attached hydrogen (secondary N) is 1. The maximum atomic E-state index is 12.1. The first-order chi connectivity index (χ1) is 9.72. The minimum absolute atomic E-state index is 0.00297. The highest BCUT2D eigenvalue weighted by atomic mass is 32.1. The Morgan fingerprint density at radius 2 is 2.10 bits per heavy atom. The molecule has 20 heavy (non-hydrogen) atoms. The van der Waals surface area contributed by atoms with Gasteiger partial charge in [0, 0.05) is 16.0 Å². The van der Waals surface area contributed by atoms with Crippen LogP contribution in [0.4, 0.5) is 5.69 Å². The molecule has 0 fully saturated rings. The van der Waals surface area contributed by atoms with Crippen LogP contribution < -0.4 is 5.32 Å². The fourth-order valence-corrected chi connectivity index (χ4v) is 2.88. The highest BCUT2D eigenvalue weighted by Gasteiger charge is 2.08. The zero-order chi connectivity index (χ0) is 13.9. The van der Waals surface area contributed by atoms with Gasteiger partial charge in [-0.05, 0) is 30.5 Å². The van der Waals surface area contributed by atoms with E-state index in [1.54, 1.807) is 11.3 Å². The number of anilines is 1. The van der Waals surface area contributed by atoms with Crippen molar-refractivity contribution in [2.24, 2.45) is 0 Å². The standard InChI is InChI=1S/C16H14N2OS/c1-11-9-15(13-6-2-3-7-14(13)17-11)18-16(19)10-12-5-4-8-20-12/h2-9H,10H2,1H3,(H,17,18,19). The van der Waals surface area contributed by atoms with Crippen molar-refractivity contribution in [3.8, 4) is 0 Å². The number of hydrogen-bond acceptors (Lipinski definition) is 3. The SMILES string of the molecule is Cc1cc(NC(=O)Cc2cccs2)c2ccccc2n1. The molecular formula is C16H14N2OS. The van der Waals surface area contributed by atoms with Crippen LogP contribution in [0.3, 0.4) is 0 Å². The average Bonchev–Trinajstić information content (AvgIpc) is 2.91. The molecule has 0 aliphatic heterocycles. The first-order valence-electron chi connectivity index (χ1n) is 6.41. The van der Waals surface area contributed by atoms with Crippen LogP contribution in [0.5, 0.6) is 0 Å². The number of aryl methyl sites for hydroxylation is 1. The Morgan fingerprint density at radius 1 is 1.25 bits per heavy atom. The molecule has 1 amide bonds. The zero-order valence-corrected chi connectivity index (χ0v) is 11.9. The third-order valence-corrected chi connectivity index (χ3v) is 3.91. The number of rotatable bonds is 3. The van der Waals surface area contributed by atoms with E-state index in [0.29, 0.717) is 6.42 Å². The predicted octanol–water partition coefficient (Wildman–Crippen LogP) is 3.79. The normalized spacial score (nSPS) is 10.7. The van der Waals surface area contributed by atoms with E-state index in [-0.39, 0.29) is 5.91 Å². The van der Waals surface area contributed by atoms with Crippen LogP contribution in [0.15, 0.2) is 47.8 Å². The quantitative estimate of drug-likeness (QED) is 0.794. The molecule has 2 aromatic heterocycles. The third-order valence-electron chi connectivity index (χ3n) is 3.03. The van der Waals surface area contributed by atoms with E-state index < -0.39 is 0 Å². The second-order valence-electron chi connectivity index (χ2n) is 4.63. The number of benzene rings is 1. The van der Waals surface area contributed by atoms with E-state index in [0.717, 1.165) is 27.2 Å². The van der Waals surface area contributed by atoms with Crippen LogP contribution in [0, 0.1) is 6.92 Å². The van der Waals surface area contributed by atoms with Crippen molar-refractivity contribution >= 4 is 33.8 Å². The Balaban J connectivity index is 1.88. The number of fused-ring (bicyclic) bond motifs is 1. The van der Waals surface area contributed by atoms with E-state index in [9.17, 15) is 4.79 Å². The highest BCUT2D eigenvalue weighted by Crippen LogP contribution is 2.23. The molecule has 0 atom stereocenters. The van der Waals surface area contributed by atoms with Gasteiger partial charge in [0.25, 0.3) is 0 Å². The molecule has 0 bridgehead atoms. The summed E-state index contributed by atoms with van der Waals surface area (Å²) in [5.74, 6) is 0.00297. The third kappa shape index (κ3) is 2.70. The molecule has 0 spiro atoms. The van der Waals surface area contributed by atoms with Gasteiger partial charge in [-0.3, -0.25) is 9.78 Å². The number of hydrogen-bond donors (Lipinski definition) is 1. The Morgan fingerprint density at radius 3 is 2.90 bits per heavy atom. The lowest BCUT2D eigenvalue weighted by Gasteiger charge is -2.09. The molecular weight excluding hydrogens is 268 g/mol. The fraction of sp³-hybridized carbons (Fsp3) is 0.125. The van der Waals surface area contributed by atoms with Crippen LogP contribution in [0.2, 0.25) is 0 Å². The van der Waals surface area contributed by atoms with Crippen LogP contribution in [0.25, 0.3) is 10.9 Å². The molecule has 0 saturated heterocycles. The summed E-state index contributed by atoms with van der Waals surface area (Å²) in [7, 11) is 0. The van der Waals surface area contributed by atoms with Crippen LogP contribution in [0.1, 0.15) is 10.6 Å². The van der Waals surface area contributed by atoms with Gasteiger partial charge in [-0.15, -0.1) is 11.3 Å². The minimum Gasteiger partial charge on any atom is -0.325 e. The van der Waals surface area contributed by atoms with E-state index in [4.69, 9.17) is 0 Å². The smallest absolute Gasteiger partial charge is 0.229 e. The average molecular weight is 282 g/mol. The van der Waals surface area contributed by atoms with Crippen molar-refractivity contribution in [3.05, 3.63) is 58.4 Å². The predicted molar refractivity (Wildman–Crippen MR) is 83.1 cm³/mol. The van der Waals surface area contributed by atoms with Gasteiger partial charge in [0.1, 0.15) is 0 Å². The summed E-state index contributed by atoms with van der Waals surface area (Å²) in [5, 5.41) is 5.94. The van der Waals surface area contributed by atoms with Crippen LogP contribution >= 0.6 is 11.3 Å². The molecule has 1 aromatic carbocycles. The Labute approximate surface area is 121 Å². The second kappa shape index (κ2) is 5.43. The van der Waals surface area contributed by atoms with Crippen LogP contribution in [-0.4, -0.2) is 10.9 Å². The summed E-state index contributed by atoms with van der Waals surface area (Å²) >= 11 is 1.60. The first-order valence-corrected chi connectivity index (χ1v) is 7.29. The van der Waals surface area contributed by atoms with E-state index in [1.807, 2.05) is 54.8 Å². The second-order valence-corrected chi connectivity index (χ2v) is 5.66. The number of thiophene rings is 1. The topological polar surface area (TPSA) is 42.0 Å².